The van der Waals surface area contributed by atoms with Crippen LogP contribution in [-0.4, -0.2) is 13.3 Å². The first-order valence-corrected chi connectivity index (χ1v) is 7.32. The van der Waals surface area contributed by atoms with Crippen molar-refractivity contribution in [1.82, 2.24) is 5.32 Å². The molecule has 18 heavy (non-hydrogen) atoms. The van der Waals surface area contributed by atoms with Gasteiger partial charge in [-0.05, 0) is 30.2 Å². The van der Waals surface area contributed by atoms with E-state index in [1.54, 1.807) is 0 Å². The minimum atomic E-state index is 0.326. The van der Waals surface area contributed by atoms with Gasteiger partial charge in [0.05, 0.1) is 0 Å². The number of hydrogen-bond donors (Lipinski definition) is 1. The molecule has 4 heteroatoms. The van der Waals surface area contributed by atoms with Gasteiger partial charge < -0.3 is 14.8 Å². The Morgan fingerprint density at radius 3 is 2.56 bits per heavy atom. The van der Waals surface area contributed by atoms with Crippen LogP contribution in [0.15, 0.2) is 16.6 Å². The quantitative estimate of drug-likeness (QED) is 0.868. The van der Waals surface area contributed by atoms with Crippen LogP contribution in [0.2, 0.25) is 0 Å². The second-order valence-electron chi connectivity index (χ2n) is 4.61. The summed E-state index contributed by atoms with van der Waals surface area (Å²) in [4.78, 5) is 0. The molecule has 3 nitrogen and oxygen atoms in total. The van der Waals surface area contributed by atoms with E-state index in [-0.39, 0.29) is 0 Å². The first-order chi connectivity index (χ1) is 8.74. The fourth-order valence-corrected chi connectivity index (χ4v) is 2.55. The highest BCUT2D eigenvalue weighted by molar-refractivity contribution is 9.10. The smallest absolute Gasteiger partial charge is 0.231 e. The van der Waals surface area contributed by atoms with E-state index >= 15 is 0 Å². The van der Waals surface area contributed by atoms with Gasteiger partial charge >= 0.3 is 0 Å². The highest BCUT2D eigenvalue weighted by Gasteiger charge is 2.16. The zero-order valence-corrected chi connectivity index (χ0v) is 12.5. The number of halogens is 1. The number of hydrogen-bond acceptors (Lipinski definition) is 3. The van der Waals surface area contributed by atoms with E-state index in [1.807, 2.05) is 12.1 Å². The van der Waals surface area contributed by atoms with Gasteiger partial charge in [-0.1, -0.05) is 42.6 Å². The number of nitrogens with one attached hydrogen (secondary N) is 1. The summed E-state index contributed by atoms with van der Waals surface area (Å²) in [5.41, 5.74) is 1.21. The van der Waals surface area contributed by atoms with Crippen LogP contribution in [0.4, 0.5) is 0 Å². The van der Waals surface area contributed by atoms with E-state index in [2.05, 4.69) is 35.1 Å². The van der Waals surface area contributed by atoms with E-state index in [1.165, 1.54) is 18.4 Å². The lowest BCUT2D eigenvalue weighted by atomic mass is 10.0. The highest BCUT2D eigenvalue weighted by Crippen LogP contribution is 2.36. The highest BCUT2D eigenvalue weighted by atomic mass is 79.9. The molecule has 1 aliphatic heterocycles. The minimum absolute atomic E-state index is 0.326. The zero-order chi connectivity index (χ0) is 13.0. The molecule has 100 valence electrons. The molecule has 0 spiro atoms. The van der Waals surface area contributed by atoms with Crippen LogP contribution >= 0.6 is 15.9 Å². The van der Waals surface area contributed by atoms with Crippen molar-refractivity contribution >= 4 is 15.9 Å². The van der Waals surface area contributed by atoms with Gasteiger partial charge in [0.1, 0.15) is 0 Å². The number of benzene rings is 1. The Kier molecular flexibility index (Phi) is 4.89. The van der Waals surface area contributed by atoms with E-state index in [9.17, 15) is 0 Å². The molecule has 0 unspecified atom stereocenters. The van der Waals surface area contributed by atoms with Crippen molar-refractivity contribution in [3.8, 4) is 11.5 Å². The monoisotopic (exact) mass is 313 g/mol. The van der Waals surface area contributed by atoms with Crippen molar-refractivity contribution in [2.45, 2.75) is 33.2 Å². The van der Waals surface area contributed by atoms with Gasteiger partial charge in [-0.25, -0.2) is 0 Å². The first kappa shape index (κ1) is 13.7. The molecule has 0 radical (unpaired) electrons. The van der Waals surface area contributed by atoms with Crippen LogP contribution in [0.3, 0.4) is 0 Å². The van der Waals surface area contributed by atoms with Gasteiger partial charge in [-0.2, -0.15) is 0 Å². The molecular weight excluding hydrogens is 294 g/mol. The Labute approximate surface area is 117 Å². The molecule has 1 aromatic carbocycles. The largest absolute Gasteiger partial charge is 0.454 e. The average Bonchev–Trinajstić information content (AvgIpc) is 2.81. The summed E-state index contributed by atoms with van der Waals surface area (Å²) in [5.74, 6) is 2.43. The second kappa shape index (κ2) is 6.43. The summed E-state index contributed by atoms with van der Waals surface area (Å²) in [5, 5.41) is 3.51. The van der Waals surface area contributed by atoms with Crippen LogP contribution in [-0.2, 0) is 6.54 Å². The first-order valence-electron chi connectivity index (χ1n) is 6.53. The molecule has 1 heterocycles. The fourth-order valence-electron chi connectivity index (χ4n) is 2.08. The SMILES string of the molecule is CCC(CC)CNCc1cc2c(cc1Br)OCO2. The van der Waals surface area contributed by atoms with E-state index in [4.69, 9.17) is 9.47 Å². The van der Waals surface area contributed by atoms with Crippen molar-refractivity contribution < 1.29 is 9.47 Å². The van der Waals surface area contributed by atoms with E-state index in [0.29, 0.717) is 6.79 Å². The summed E-state index contributed by atoms with van der Waals surface area (Å²) in [6.07, 6.45) is 2.46. The van der Waals surface area contributed by atoms with Crippen molar-refractivity contribution in [2.75, 3.05) is 13.3 Å². The minimum Gasteiger partial charge on any atom is -0.454 e. The van der Waals surface area contributed by atoms with Crippen molar-refractivity contribution in [1.29, 1.82) is 0 Å². The Morgan fingerprint density at radius 2 is 1.89 bits per heavy atom. The lowest BCUT2D eigenvalue weighted by Gasteiger charge is -2.14. The van der Waals surface area contributed by atoms with Gasteiger partial charge in [-0.15, -0.1) is 0 Å². The molecule has 0 saturated carbocycles. The van der Waals surface area contributed by atoms with Crippen molar-refractivity contribution in [2.24, 2.45) is 5.92 Å². The third-order valence-electron chi connectivity index (χ3n) is 3.44. The molecule has 0 saturated heterocycles. The molecule has 1 N–H and O–H groups in total. The van der Waals surface area contributed by atoms with Gasteiger partial charge in [0.2, 0.25) is 6.79 Å². The van der Waals surface area contributed by atoms with Crippen LogP contribution in [0.5, 0.6) is 11.5 Å². The van der Waals surface area contributed by atoms with Gasteiger partial charge in [0.15, 0.2) is 11.5 Å². The molecule has 1 aromatic rings. The van der Waals surface area contributed by atoms with Gasteiger partial charge in [0, 0.05) is 11.0 Å². The zero-order valence-electron chi connectivity index (χ0n) is 11.0. The average molecular weight is 314 g/mol. The van der Waals surface area contributed by atoms with Gasteiger partial charge in [-0.3, -0.25) is 0 Å². The molecule has 0 fully saturated rings. The van der Waals surface area contributed by atoms with Gasteiger partial charge in [0.25, 0.3) is 0 Å². The molecule has 1 aliphatic rings. The molecule has 0 aliphatic carbocycles. The summed E-state index contributed by atoms with van der Waals surface area (Å²) in [6.45, 7) is 6.73. The standard InChI is InChI=1S/C14H20BrNO2/c1-3-10(4-2)7-16-8-11-5-13-14(6-12(11)15)18-9-17-13/h5-6,10,16H,3-4,7-9H2,1-2H3. The maximum absolute atomic E-state index is 5.39. The summed E-state index contributed by atoms with van der Waals surface area (Å²) < 4.78 is 11.8. The summed E-state index contributed by atoms with van der Waals surface area (Å²) >= 11 is 3.58. The van der Waals surface area contributed by atoms with Crippen molar-refractivity contribution in [3.05, 3.63) is 22.2 Å². The third kappa shape index (κ3) is 3.18. The van der Waals surface area contributed by atoms with Crippen molar-refractivity contribution in [3.63, 3.8) is 0 Å². The Balaban J connectivity index is 1.93. The number of fused-ring (bicyclic) bond motifs is 1. The lowest BCUT2D eigenvalue weighted by molar-refractivity contribution is 0.174. The second-order valence-corrected chi connectivity index (χ2v) is 5.46. The van der Waals surface area contributed by atoms with Crippen LogP contribution in [0.25, 0.3) is 0 Å². The normalized spacial score (nSPS) is 13.3. The number of ether oxygens (including phenoxy) is 2. The Bertz CT molecular complexity index is 405. The predicted octanol–water partition coefficient (Wildman–Crippen LogP) is 3.70. The fraction of sp³-hybridized carbons (Fsp3) is 0.571. The summed E-state index contributed by atoms with van der Waals surface area (Å²) in [6, 6.07) is 4.03. The predicted molar refractivity (Wildman–Crippen MR) is 76.0 cm³/mol. The van der Waals surface area contributed by atoms with Crippen LogP contribution in [0, 0.1) is 5.92 Å². The summed E-state index contributed by atoms with van der Waals surface area (Å²) in [7, 11) is 0. The van der Waals surface area contributed by atoms with Crippen LogP contribution < -0.4 is 14.8 Å². The maximum atomic E-state index is 5.39. The van der Waals surface area contributed by atoms with E-state index in [0.717, 1.165) is 35.0 Å². The molecular formula is C14H20BrNO2. The lowest BCUT2D eigenvalue weighted by Crippen LogP contribution is -2.21. The molecule has 0 amide bonds. The Hall–Kier alpha value is -0.740. The Morgan fingerprint density at radius 1 is 1.22 bits per heavy atom. The maximum Gasteiger partial charge on any atom is 0.231 e. The van der Waals surface area contributed by atoms with Crippen LogP contribution in [0.1, 0.15) is 32.3 Å². The van der Waals surface area contributed by atoms with E-state index < -0.39 is 0 Å². The third-order valence-corrected chi connectivity index (χ3v) is 4.18. The molecule has 0 bridgehead atoms. The molecule has 0 atom stereocenters. The molecule has 2 rings (SSSR count). The molecule has 0 aromatic heterocycles. The topological polar surface area (TPSA) is 30.5 Å². The number of rotatable bonds is 6.